The lowest BCUT2D eigenvalue weighted by Crippen LogP contribution is -2.44. The van der Waals surface area contributed by atoms with Gasteiger partial charge in [-0.3, -0.25) is 11.3 Å². The number of benzene rings is 2. The van der Waals surface area contributed by atoms with E-state index in [9.17, 15) is 0 Å². The fraction of sp³-hybridized carbons (Fsp3) is 0.333. The molecule has 21 heavy (non-hydrogen) atoms. The topological polar surface area (TPSA) is 38.0 Å². The summed E-state index contributed by atoms with van der Waals surface area (Å²) in [5.74, 6) is 6.45. The molecule has 0 bridgehead atoms. The Kier molecular flexibility index (Phi) is 4.73. The maximum atomic E-state index is 5.84. The minimum absolute atomic E-state index is 0.333. The Morgan fingerprint density at radius 1 is 1.10 bits per heavy atom. The standard InChI is InChI=1S/C18H21BrN2/c19-17-9-5-13(6-10-17)11-18(21-20)16-8-7-14-3-1-2-4-15(14)12-16/h1-6,9-10,16,18,21H,7-8,11-12,20H2. The van der Waals surface area contributed by atoms with Crippen LogP contribution in [-0.2, 0) is 19.3 Å². The van der Waals surface area contributed by atoms with Crippen molar-refractivity contribution >= 4 is 15.9 Å². The van der Waals surface area contributed by atoms with Gasteiger partial charge in [-0.25, -0.2) is 0 Å². The van der Waals surface area contributed by atoms with Gasteiger partial charge in [-0.05, 0) is 60.4 Å². The molecule has 1 aliphatic rings. The third-order valence-electron chi connectivity index (χ3n) is 4.54. The molecule has 3 N–H and O–H groups in total. The van der Waals surface area contributed by atoms with Gasteiger partial charge in [0.15, 0.2) is 0 Å². The number of halogens is 1. The molecule has 2 atom stereocenters. The number of hydrogen-bond donors (Lipinski definition) is 2. The van der Waals surface area contributed by atoms with Crippen LogP contribution in [0.3, 0.4) is 0 Å². The second-order valence-electron chi connectivity index (χ2n) is 5.88. The van der Waals surface area contributed by atoms with E-state index in [1.165, 1.54) is 29.5 Å². The van der Waals surface area contributed by atoms with Gasteiger partial charge in [-0.2, -0.15) is 0 Å². The maximum absolute atomic E-state index is 5.84. The van der Waals surface area contributed by atoms with Crippen LogP contribution in [0.15, 0.2) is 53.0 Å². The summed E-state index contributed by atoms with van der Waals surface area (Å²) in [7, 11) is 0. The van der Waals surface area contributed by atoms with E-state index in [4.69, 9.17) is 5.84 Å². The molecule has 0 saturated carbocycles. The lowest BCUT2D eigenvalue weighted by molar-refractivity contribution is 0.321. The van der Waals surface area contributed by atoms with Crippen molar-refractivity contribution in [3.63, 3.8) is 0 Å². The molecular formula is C18H21BrN2. The first-order chi connectivity index (χ1) is 10.3. The molecule has 0 aromatic heterocycles. The number of hydrazine groups is 1. The SMILES string of the molecule is NNC(Cc1ccc(Br)cc1)C1CCc2ccccc2C1. The highest BCUT2D eigenvalue weighted by Gasteiger charge is 2.25. The van der Waals surface area contributed by atoms with Crippen LogP contribution in [-0.4, -0.2) is 6.04 Å². The third-order valence-corrected chi connectivity index (χ3v) is 5.07. The molecule has 0 heterocycles. The molecule has 0 amide bonds. The van der Waals surface area contributed by atoms with Gasteiger partial charge < -0.3 is 0 Å². The van der Waals surface area contributed by atoms with Crippen LogP contribution in [0.1, 0.15) is 23.1 Å². The Balaban J connectivity index is 1.71. The normalized spacial score (nSPS) is 19.0. The number of aryl methyl sites for hydroxylation is 1. The lowest BCUT2D eigenvalue weighted by atomic mass is 9.78. The van der Waals surface area contributed by atoms with E-state index in [1.54, 1.807) is 0 Å². The molecule has 0 aliphatic heterocycles. The Morgan fingerprint density at radius 2 is 1.81 bits per heavy atom. The molecule has 2 aromatic rings. The van der Waals surface area contributed by atoms with Gasteiger partial charge in [-0.15, -0.1) is 0 Å². The Labute approximate surface area is 134 Å². The molecule has 2 aromatic carbocycles. The molecule has 0 fully saturated rings. The first kappa shape index (κ1) is 14.8. The average Bonchev–Trinajstić information content (AvgIpc) is 2.54. The van der Waals surface area contributed by atoms with Crippen LogP contribution in [0.25, 0.3) is 0 Å². The molecular weight excluding hydrogens is 324 g/mol. The average molecular weight is 345 g/mol. The molecule has 3 rings (SSSR count). The Hall–Kier alpha value is -1.16. The van der Waals surface area contributed by atoms with E-state index in [-0.39, 0.29) is 0 Å². The molecule has 110 valence electrons. The van der Waals surface area contributed by atoms with E-state index >= 15 is 0 Å². The summed E-state index contributed by atoms with van der Waals surface area (Å²) >= 11 is 3.48. The molecule has 2 nitrogen and oxygen atoms in total. The number of rotatable bonds is 4. The smallest absolute Gasteiger partial charge is 0.0282 e. The molecule has 1 aliphatic carbocycles. The van der Waals surface area contributed by atoms with Gasteiger partial charge in [0, 0.05) is 10.5 Å². The van der Waals surface area contributed by atoms with E-state index < -0.39 is 0 Å². The zero-order chi connectivity index (χ0) is 14.7. The Morgan fingerprint density at radius 3 is 2.52 bits per heavy atom. The van der Waals surface area contributed by atoms with Crippen molar-refractivity contribution in [2.45, 2.75) is 31.7 Å². The van der Waals surface area contributed by atoms with Gasteiger partial charge in [0.05, 0.1) is 0 Å². The molecule has 0 saturated heterocycles. The summed E-state index contributed by atoms with van der Waals surface area (Å²) in [6, 6.07) is 17.7. The van der Waals surface area contributed by atoms with Crippen LogP contribution < -0.4 is 11.3 Å². The summed E-state index contributed by atoms with van der Waals surface area (Å²) in [6.45, 7) is 0. The summed E-state index contributed by atoms with van der Waals surface area (Å²) in [5, 5.41) is 0. The summed E-state index contributed by atoms with van der Waals surface area (Å²) < 4.78 is 1.12. The number of nitrogens with one attached hydrogen (secondary N) is 1. The predicted octanol–water partition coefficient (Wildman–Crippen LogP) is 3.63. The second-order valence-corrected chi connectivity index (χ2v) is 6.79. The van der Waals surface area contributed by atoms with Gasteiger partial charge in [-0.1, -0.05) is 52.3 Å². The minimum atomic E-state index is 0.333. The van der Waals surface area contributed by atoms with E-state index in [2.05, 4.69) is 69.9 Å². The van der Waals surface area contributed by atoms with Crippen LogP contribution >= 0.6 is 15.9 Å². The number of fused-ring (bicyclic) bond motifs is 1. The fourth-order valence-electron chi connectivity index (χ4n) is 3.31. The van der Waals surface area contributed by atoms with Gasteiger partial charge in [0.1, 0.15) is 0 Å². The molecule has 0 spiro atoms. The third kappa shape index (κ3) is 3.54. The summed E-state index contributed by atoms with van der Waals surface area (Å²) in [4.78, 5) is 0. The predicted molar refractivity (Wildman–Crippen MR) is 90.9 cm³/mol. The highest BCUT2D eigenvalue weighted by Crippen LogP contribution is 2.28. The number of nitrogens with two attached hydrogens (primary N) is 1. The Bertz CT molecular complexity index is 594. The molecule has 2 unspecified atom stereocenters. The fourth-order valence-corrected chi connectivity index (χ4v) is 3.57. The first-order valence-corrected chi connectivity index (χ1v) is 8.33. The van der Waals surface area contributed by atoms with Crippen molar-refractivity contribution in [2.75, 3.05) is 0 Å². The zero-order valence-electron chi connectivity index (χ0n) is 12.1. The highest BCUT2D eigenvalue weighted by molar-refractivity contribution is 9.10. The van der Waals surface area contributed by atoms with Crippen molar-refractivity contribution < 1.29 is 0 Å². The second kappa shape index (κ2) is 6.73. The van der Waals surface area contributed by atoms with Crippen LogP contribution in [0.5, 0.6) is 0 Å². The first-order valence-electron chi connectivity index (χ1n) is 7.53. The van der Waals surface area contributed by atoms with Gasteiger partial charge >= 0.3 is 0 Å². The zero-order valence-corrected chi connectivity index (χ0v) is 13.6. The maximum Gasteiger partial charge on any atom is 0.0282 e. The van der Waals surface area contributed by atoms with Crippen LogP contribution in [0.2, 0.25) is 0 Å². The van der Waals surface area contributed by atoms with E-state index in [0.717, 1.165) is 17.3 Å². The van der Waals surface area contributed by atoms with E-state index in [1.807, 2.05) is 0 Å². The molecule has 0 radical (unpaired) electrons. The van der Waals surface area contributed by atoms with Crippen molar-refractivity contribution in [1.82, 2.24) is 5.43 Å². The molecule has 3 heteroatoms. The van der Waals surface area contributed by atoms with E-state index in [0.29, 0.717) is 12.0 Å². The lowest BCUT2D eigenvalue weighted by Gasteiger charge is -2.31. The van der Waals surface area contributed by atoms with Crippen molar-refractivity contribution in [3.05, 3.63) is 69.7 Å². The van der Waals surface area contributed by atoms with Gasteiger partial charge in [0.2, 0.25) is 0 Å². The summed E-state index contributed by atoms with van der Waals surface area (Å²) in [6.07, 6.45) is 4.49. The van der Waals surface area contributed by atoms with Gasteiger partial charge in [0.25, 0.3) is 0 Å². The largest absolute Gasteiger partial charge is 0.271 e. The monoisotopic (exact) mass is 344 g/mol. The minimum Gasteiger partial charge on any atom is -0.271 e. The van der Waals surface area contributed by atoms with Crippen molar-refractivity contribution in [2.24, 2.45) is 11.8 Å². The van der Waals surface area contributed by atoms with Crippen molar-refractivity contribution in [3.8, 4) is 0 Å². The number of hydrogen-bond acceptors (Lipinski definition) is 2. The highest BCUT2D eigenvalue weighted by atomic mass is 79.9. The quantitative estimate of drug-likeness (QED) is 0.656. The van der Waals surface area contributed by atoms with Crippen LogP contribution in [0.4, 0.5) is 0 Å². The van der Waals surface area contributed by atoms with Crippen LogP contribution in [0, 0.1) is 5.92 Å². The summed E-state index contributed by atoms with van der Waals surface area (Å²) in [5.41, 5.74) is 7.39. The van der Waals surface area contributed by atoms with Crippen molar-refractivity contribution in [1.29, 1.82) is 0 Å².